The van der Waals surface area contributed by atoms with Crippen molar-refractivity contribution in [3.63, 3.8) is 0 Å². The summed E-state index contributed by atoms with van der Waals surface area (Å²) in [6.45, 7) is 3.86. The quantitative estimate of drug-likeness (QED) is 0.501. The first-order chi connectivity index (χ1) is 17.0. The highest BCUT2D eigenvalue weighted by Crippen LogP contribution is 2.27. The number of nitrogens with one attached hydrogen (secondary N) is 2. The standard InChI is InChI=1S/C25H27N7O3/c1-3-17-14-31(15-17)23-8-9-24(33)32(29-23)20-6-7-22(26-13-20)28-19-5-4-18(11-19)12-27-25(34)21-10-16(2)30-35-21/h1,6-10,13,17-19H,4-5,11-12,14-15H2,2H3,(H,26,28)(H,27,34)/t18-,19+/m1/s1. The van der Waals surface area contributed by atoms with E-state index in [1.165, 1.54) is 10.7 Å². The maximum Gasteiger partial charge on any atom is 0.289 e. The molecule has 5 rings (SSSR count). The van der Waals surface area contributed by atoms with Crippen molar-refractivity contribution in [3.05, 3.63) is 58.3 Å². The number of amides is 1. The smallest absolute Gasteiger partial charge is 0.289 e. The van der Waals surface area contributed by atoms with Crippen LogP contribution in [-0.2, 0) is 0 Å². The van der Waals surface area contributed by atoms with Crippen molar-refractivity contribution in [2.75, 3.05) is 29.9 Å². The molecule has 1 saturated heterocycles. The summed E-state index contributed by atoms with van der Waals surface area (Å²) in [4.78, 5) is 31.1. The third-order valence-electron chi connectivity index (χ3n) is 6.52. The van der Waals surface area contributed by atoms with Crippen LogP contribution in [0.25, 0.3) is 5.69 Å². The molecular formula is C25H27N7O3. The molecule has 3 aromatic heterocycles. The van der Waals surface area contributed by atoms with Gasteiger partial charge in [-0.25, -0.2) is 4.98 Å². The van der Waals surface area contributed by atoms with Gasteiger partial charge in [0.15, 0.2) is 0 Å². The molecule has 2 fully saturated rings. The monoisotopic (exact) mass is 473 g/mol. The van der Waals surface area contributed by atoms with Crippen LogP contribution in [0.2, 0.25) is 0 Å². The number of terminal acetylenes is 1. The van der Waals surface area contributed by atoms with Crippen LogP contribution in [0.15, 0.2) is 45.8 Å². The highest BCUT2D eigenvalue weighted by molar-refractivity contribution is 5.91. The van der Waals surface area contributed by atoms with Crippen molar-refractivity contribution in [1.82, 2.24) is 25.2 Å². The molecule has 2 aliphatic rings. The Morgan fingerprint density at radius 3 is 2.83 bits per heavy atom. The molecule has 2 atom stereocenters. The second-order valence-electron chi connectivity index (χ2n) is 9.17. The maximum atomic E-state index is 12.4. The summed E-state index contributed by atoms with van der Waals surface area (Å²) in [5.41, 5.74) is 1.07. The molecule has 35 heavy (non-hydrogen) atoms. The molecule has 10 nitrogen and oxygen atoms in total. The average molecular weight is 474 g/mol. The third kappa shape index (κ3) is 5.04. The zero-order chi connectivity index (χ0) is 24.4. The summed E-state index contributed by atoms with van der Waals surface area (Å²) >= 11 is 0. The molecule has 180 valence electrons. The number of hydrogen-bond acceptors (Lipinski definition) is 8. The Balaban J connectivity index is 1.15. The van der Waals surface area contributed by atoms with Crippen LogP contribution in [0.4, 0.5) is 11.6 Å². The lowest BCUT2D eigenvalue weighted by molar-refractivity contribution is 0.0910. The van der Waals surface area contributed by atoms with Gasteiger partial charge in [-0.15, -0.1) is 11.5 Å². The highest BCUT2D eigenvalue weighted by Gasteiger charge is 2.27. The fraction of sp³-hybridized carbons (Fsp3) is 0.400. The maximum absolute atomic E-state index is 12.4. The molecule has 1 amide bonds. The molecule has 1 aliphatic heterocycles. The fourth-order valence-electron chi connectivity index (χ4n) is 4.52. The average Bonchev–Trinajstić information content (AvgIpc) is 3.47. The van der Waals surface area contributed by atoms with Gasteiger partial charge < -0.3 is 20.1 Å². The Morgan fingerprint density at radius 1 is 1.26 bits per heavy atom. The van der Waals surface area contributed by atoms with Gasteiger partial charge in [0.05, 0.1) is 23.5 Å². The number of rotatable bonds is 7. The summed E-state index contributed by atoms with van der Waals surface area (Å²) in [5, 5.41) is 14.6. The van der Waals surface area contributed by atoms with Gasteiger partial charge in [-0.3, -0.25) is 9.59 Å². The summed E-state index contributed by atoms with van der Waals surface area (Å²) in [6, 6.07) is 8.82. The number of anilines is 2. The predicted molar refractivity (Wildman–Crippen MR) is 130 cm³/mol. The van der Waals surface area contributed by atoms with Gasteiger partial charge in [-0.1, -0.05) is 11.1 Å². The fourth-order valence-corrected chi connectivity index (χ4v) is 4.52. The van der Waals surface area contributed by atoms with Gasteiger partial charge in [-0.05, 0) is 50.3 Å². The summed E-state index contributed by atoms with van der Waals surface area (Å²) < 4.78 is 6.37. The van der Waals surface area contributed by atoms with Crippen LogP contribution in [0.1, 0.15) is 35.5 Å². The van der Waals surface area contributed by atoms with Crippen LogP contribution in [0, 0.1) is 31.1 Å². The van der Waals surface area contributed by atoms with E-state index in [1.807, 2.05) is 12.1 Å². The van der Waals surface area contributed by atoms with Gasteiger partial charge in [0.2, 0.25) is 5.76 Å². The van der Waals surface area contributed by atoms with Crippen LogP contribution in [0.3, 0.4) is 0 Å². The number of carbonyl (C=O) groups excluding carboxylic acids is 1. The normalized spacial score (nSPS) is 19.7. The molecule has 0 radical (unpaired) electrons. The Labute approximate surface area is 202 Å². The molecular weight excluding hydrogens is 446 g/mol. The summed E-state index contributed by atoms with van der Waals surface area (Å²) in [6.07, 6.45) is 10.0. The molecule has 1 saturated carbocycles. The Kier molecular flexibility index (Phi) is 6.23. The van der Waals surface area contributed by atoms with Crippen molar-refractivity contribution in [3.8, 4) is 18.0 Å². The second-order valence-corrected chi connectivity index (χ2v) is 9.17. The number of pyridine rings is 1. The van der Waals surface area contributed by atoms with Gasteiger partial charge in [0.25, 0.3) is 11.5 Å². The SMILES string of the molecule is C#CC1CN(c2ccc(=O)n(-c3ccc(N[C@H]4CC[C@@H](CNC(=O)c5cc(C)no5)C4)nc3)n2)C1. The largest absolute Gasteiger partial charge is 0.367 e. The van der Waals surface area contributed by atoms with Gasteiger partial charge >= 0.3 is 0 Å². The van der Waals surface area contributed by atoms with E-state index in [4.69, 9.17) is 10.9 Å². The number of aryl methyl sites for hydroxylation is 1. The van der Waals surface area contributed by atoms with E-state index in [9.17, 15) is 9.59 Å². The van der Waals surface area contributed by atoms with Crippen molar-refractivity contribution in [2.24, 2.45) is 11.8 Å². The van der Waals surface area contributed by atoms with Crippen LogP contribution in [0.5, 0.6) is 0 Å². The van der Waals surface area contributed by atoms with E-state index >= 15 is 0 Å². The molecule has 0 spiro atoms. The van der Waals surface area contributed by atoms with E-state index in [0.29, 0.717) is 23.8 Å². The minimum Gasteiger partial charge on any atom is -0.367 e. The topological polar surface area (TPSA) is 118 Å². The lowest BCUT2D eigenvalue weighted by atomic mass is 10.0. The Hall–Kier alpha value is -4.13. The van der Waals surface area contributed by atoms with Crippen LogP contribution < -0.4 is 21.1 Å². The summed E-state index contributed by atoms with van der Waals surface area (Å²) in [7, 11) is 0. The zero-order valence-electron chi connectivity index (χ0n) is 19.5. The lowest BCUT2D eigenvalue weighted by Gasteiger charge is -2.37. The number of carbonyl (C=O) groups is 1. The van der Waals surface area contributed by atoms with E-state index in [-0.39, 0.29) is 29.2 Å². The van der Waals surface area contributed by atoms with Crippen molar-refractivity contribution >= 4 is 17.5 Å². The minimum absolute atomic E-state index is 0.216. The minimum atomic E-state index is -0.239. The van der Waals surface area contributed by atoms with Gasteiger partial charge in [-0.2, -0.15) is 4.68 Å². The first kappa shape index (κ1) is 22.7. The van der Waals surface area contributed by atoms with E-state index < -0.39 is 0 Å². The van der Waals surface area contributed by atoms with Gasteiger partial charge in [0.1, 0.15) is 11.6 Å². The number of nitrogens with zero attached hydrogens (tertiary/aromatic N) is 5. The number of aromatic nitrogens is 4. The Morgan fingerprint density at radius 2 is 2.11 bits per heavy atom. The third-order valence-corrected chi connectivity index (χ3v) is 6.52. The molecule has 0 aromatic carbocycles. The Bertz CT molecular complexity index is 1300. The van der Waals surface area contributed by atoms with E-state index in [2.05, 4.69) is 36.7 Å². The molecule has 4 heterocycles. The lowest BCUT2D eigenvalue weighted by Crippen LogP contribution is -2.47. The molecule has 3 aromatic rings. The van der Waals surface area contributed by atoms with Crippen LogP contribution in [-0.4, -0.2) is 51.5 Å². The summed E-state index contributed by atoms with van der Waals surface area (Å²) in [5.74, 6) is 4.80. The molecule has 0 bridgehead atoms. The molecule has 0 unspecified atom stereocenters. The predicted octanol–water partition coefficient (Wildman–Crippen LogP) is 2.00. The first-order valence-corrected chi connectivity index (χ1v) is 11.7. The van der Waals surface area contributed by atoms with E-state index in [1.54, 1.807) is 25.3 Å². The van der Waals surface area contributed by atoms with Crippen LogP contribution >= 0.6 is 0 Å². The van der Waals surface area contributed by atoms with Crippen molar-refractivity contribution in [1.29, 1.82) is 0 Å². The van der Waals surface area contributed by atoms with Crippen molar-refractivity contribution < 1.29 is 9.32 Å². The number of hydrogen-bond donors (Lipinski definition) is 2. The first-order valence-electron chi connectivity index (χ1n) is 11.7. The highest BCUT2D eigenvalue weighted by atomic mass is 16.5. The molecule has 10 heteroatoms. The zero-order valence-corrected chi connectivity index (χ0v) is 19.5. The molecule has 1 aliphatic carbocycles. The molecule has 2 N–H and O–H groups in total. The van der Waals surface area contributed by atoms with Gasteiger partial charge in [0, 0.05) is 37.8 Å². The second kappa shape index (κ2) is 9.62. The van der Waals surface area contributed by atoms with E-state index in [0.717, 1.165) is 44.0 Å². The van der Waals surface area contributed by atoms with Crippen molar-refractivity contribution in [2.45, 2.75) is 32.2 Å².